The SMILES string of the molecule is CC(C)(C)C/C=C1/C(=O)Nc2cc(Cl)ccc21. The standard InChI is InChI=1S/C14H16ClNO/c1-14(2,3)7-6-11-10-5-4-9(15)8-12(10)16-13(11)17/h4-6,8H,7H2,1-3H3,(H,16,17)/b11-6+. The summed E-state index contributed by atoms with van der Waals surface area (Å²) in [5.74, 6) is -0.0356. The van der Waals surface area contributed by atoms with Crippen molar-refractivity contribution in [2.75, 3.05) is 5.32 Å². The molecule has 0 spiro atoms. The first-order chi connectivity index (χ1) is 7.87. The maximum absolute atomic E-state index is 11.8. The van der Waals surface area contributed by atoms with Crippen molar-refractivity contribution >= 4 is 28.8 Å². The summed E-state index contributed by atoms with van der Waals surface area (Å²) in [6.45, 7) is 6.46. The van der Waals surface area contributed by atoms with Crippen LogP contribution in [0.2, 0.25) is 5.02 Å². The van der Waals surface area contributed by atoms with Crippen LogP contribution in [0.15, 0.2) is 24.3 Å². The van der Waals surface area contributed by atoms with Gasteiger partial charge < -0.3 is 5.32 Å². The molecule has 1 amide bonds. The molecule has 0 unspecified atom stereocenters. The maximum atomic E-state index is 11.8. The van der Waals surface area contributed by atoms with Crippen LogP contribution in [0.25, 0.3) is 5.57 Å². The number of rotatable bonds is 1. The molecule has 1 aromatic rings. The summed E-state index contributed by atoms with van der Waals surface area (Å²) in [5, 5.41) is 3.47. The van der Waals surface area contributed by atoms with Crippen molar-refractivity contribution in [2.24, 2.45) is 5.41 Å². The molecule has 2 rings (SSSR count). The first-order valence-electron chi connectivity index (χ1n) is 5.68. The van der Waals surface area contributed by atoms with E-state index >= 15 is 0 Å². The summed E-state index contributed by atoms with van der Waals surface area (Å²) in [4.78, 5) is 11.8. The van der Waals surface area contributed by atoms with Crippen molar-refractivity contribution in [1.29, 1.82) is 0 Å². The Labute approximate surface area is 107 Å². The van der Waals surface area contributed by atoms with Gasteiger partial charge in [-0.1, -0.05) is 44.5 Å². The minimum Gasteiger partial charge on any atom is -0.321 e. The summed E-state index contributed by atoms with van der Waals surface area (Å²) < 4.78 is 0. The summed E-state index contributed by atoms with van der Waals surface area (Å²) in [5.41, 5.74) is 2.69. The second kappa shape index (κ2) is 4.19. The zero-order valence-corrected chi connectivity index (χ0v) is 11.1. The maximum Gasteiger partial charge on any atom is 0.256 e. The minimum atomic E-state index is -0.0356. The Balaban J connectivity index is 2.35. The van der Waals surface area contributed by atoms with E-state index in [-0.39, 0.29) is 11.3 Å². The van der Waals surface area contributed by atoms with Crippen LogP contribution < -0.4 is 5.32 Å². The predicted octanol–water partition coefficient (Wildman–Crippen LogP) is 4.11. The lowest BCUT2D eigenvalue weighted by Crippen LogP contribution is -2.06. The molecule has 2 nitrogen and oxygen atoms in total. The van der Waals surface area contributed by atoms with Gasteiger partial charge in [0.1, 0.15) is 0 Å². The van der Waals surface area contributed by atoms with Crippen LogP contribution >= 0.6 is 11.6 Å². The molecule has 1 aliphatic heterocycles. The predicted molar refractivity (Wildman–Crippen MR) is 72.1 cm³/mol. The fourth-order valence-corrected chi connectivity index (χ4v) is 1.95. The van der Waals surface area contributed by atoms with E-state index in [1.807, 2.05) is 18.2 Å². The summed E-state index contributed by atoms with van der Waals surface area (Å²) in [6, 6.07) is 5.49. The summed E-state index contributed by atoms with van der Waals surface area (Å²) >= 11 is 5.90. The molecular weight excluding hydrogens is 234 g/mol. The lowest BCUT2D eigenvalue weighted by atomic mass is 9.90. The molecular formula is C14H16ClNO. The Morgan fingerprint density at radius 3 is 2.71 bits per heavy atom. The number of nitrogens with one attached hydrogen (secondary N) is 1. The molecule has 0 fully saturated rings. The number of hydrogen-bond donors (Lipinski definition) is 1. The Morgan fingerprint density at radius 2 is 2.06 bits per heavy atom. The normalized spacial score (nSPS) is 17.2. The molecule has 0 aromatic heterocycles. The van der Waals surface area contributed by atoms with Gasteiger partial charge >= 0.3 is 0 Å². The van der Waals surface area contributed by atoms with Gasteiger partial charge in [-0.15, -0.1) is 0 Å². The first kappa shape index (κ1) is 12.2. The van der Waals surface area contributed by atoms with Crippen molar-refractivity contribution in [1.82, 2.24) is 0 Å². The highest BCUT2D eigenvalue weighted by Crippen LogP contribution is 2.35. The second-order valence-electron chi connectivity index (χ2n) is 5.53. The fourth-order valence-electron chi connectivity index (χ4n) is 1.78. The van der Waals surface area contributed by atoms with Crippen LogP contribution in [0, 0.1) is 5.41 Å². The number of benzene rings is 1. The molecule has 1 aliphatic rings. The summed E-state index contributed by atoms with van der Waals surface area (Å²) in [7, 11) is 0. The smallest absolute Gasteiger partial charge is 0.256 e. The zero-order chi connectivity index (χ0) is 12.6. The van der Waals surface area contributed by atoms with Crippen LogP contribution in [-0.4, -0.2) is 5.91 Å². The third-order valence-corrected chi connectivity index (χ3v) is 2.92. The molecule has 3 heteroatoms. The van der Waals surface area contributed by atoms with E-state index in [0.29, 0.717) is 5.02 Å². The molecule has 90 valence electrons. The fraction of sp³-hybridized carbons (Fsp3) is 0.357. The van der Waals surface area contributed by atoms with E-state index in [9.17, 15) is 4.79 Å². The molecule has 1 aromatic carbocycles. The van der Waals surface area contributed by atoms with Crippen LogP contribution in [0.1, 0.15) is 32.8 Å². The van der Waals surface area contributed by atoms with Gasteiger partial charge in [0.15, 0.2) is 0 Å². The highest BCUT2D eigenvalue weighted by molar-refractivity contribution is 6.34. The Bertz CT molecular complexity index is 497. The molecule has 0 aliphatic carbocycles. The number of fused-ring (bicyclic) bond motifs is 1. The number of anilines is 1. The monoisotopic (exact) mass is 249 g/mol. The van der Waals surface area contributed by atoms with Crippen molar-refractivity contribution in [3.05, 3.63) is 34.9 Å². The number of carbonyl (C=O) groups excluding carboxylic acids is 1. The second-order valence-corrected chi connectivity index (χ2v) is 5.96. The average Bonchev–Trinajstić information content (AvgIpc) is 2.48. The molecule has 1 N–H and O–H groups in total. The van der Waals surface area contributed by atoms with Gasteiger partial charge in [-0.3, -0.25) is 4.79 Å². The van der Waals surface area contributed by atoms with E-state index in [1.165, 1.54) is 0 Å². The van der Waals surface area contributed by atoms with Gasteiger partial charge in [0.25, 0.3) is 5.91 Å². The van der Waals surface area contributed by atoms with Crippen molar-refractivity contribution in [2.45, 2.75) is 27.2 Å². The lowest BCUT2D eigenvalue weighted by Gasteiger charge is -2.15. The van der Waals surface area contributed by atoms with Crippen LogP contribution in [0.4, 0.5) is 5.69 Å². The van der Waals surface area contributed by atoms with E-state index in [0.717, 1.165) is 23.2 Å². The van der Waals surface area contributed by atoms with Crippen LogP contribution in [0.3, 0.4) is 0 Å². The molecule has 0 radical (unpaired) electrons. The topological polar surface area (TPSA) is 29.1 Å². The molecule has 17 heavy (non-hydrogen) atoms. The minimum absolute atomic E-state index is 0.0356. The van der Waals surface area contributed by atoms with Gasteiger partial charge in [-0.05, 0) is 24.0 Å². The molecule has 1 heterocycles. The van der Waals surface area contributed by atoms with Gasteiger partial charge in [-0.2, -0.15) is 0 Å². The van der Waals surface area contributed by atoms with Gasteiger partial charge in [0.05, 0.1) is 5.69 Å². The zero-order valence-electron chi connectivity index (χ0n) is 10.3. The summed E-state index contributed by atoms with van der Waals surface area (Å²) in [6.07, 6.45) is 2.88. The van der Waals surface area contributed by atoms with Gasteiger partial charge in [0, 0.05) is 16.2 Å². The highest BCUT2D eigenvalue weighted by atomic mass is 35.5. The Hall–Kier alpha value is -1.28. The largest absolute Gasteiger partial charge is 0.321 e. The van der Waals surface area contributed by atoms with Gasteiger partial charge in [0.2, 0.25) is 0 Å². The number of hydrogen-bond acceptors (Lipinski definition) is 1. The lowest BCUT2D eigenvalue weighted by molar-refractivity contribution is -0.110. The van der Waals surface area contributed by atoms with Crippen molar-refractivity contribution in [3.8, 4) is 0 Å². The number of carbonyl (C=O) groups is 1. The first-order valence-corrected chi connectivity index (χ1v) is 6.06. The third kappa shape index (κ3) is 2.70. The Kier molecular flexibility index (Phi) is 3.00. The average molecular weight is 250 g/mol. The third-order valence-electron chi connectivity index (χ3n) is 2.68. The quantitative estimate of drug-likeness (QED) is 0.746. The molecule has 0 saturated heterocycles. The molecule has 0 saturated carbocycles. The van der Waals surface area contributed by atoms with Crippen LogP contribution in [0.5, 0.6) is 0 Å². The Morgan fingerprint density at radius 1 is 1.35 bits per heavy atom. The van der Waals surface area contributed by atoms with E-state index in [1.54, 1.807) is 6.07 Å². The van der Waals surface area contributed by atoms with Crippen LogP contribution in [-0.2, 0) is 4.79 Å². The number of halogens is 1. The van der Waals surface area contributed by atoms with Gasteiger partial charge in [-0.25, -0.2) is 0 Å². The van der Waals surface area contributed by atoms with Crippen molar-refractivity contribution in [3.63, 3.8) is 0 Å². The van der Waals surface area contributed by atoms with Crippen molar-refractivity contribution < 1.29 is 4.79 Å². The molecule has 0 atom stereocenters. The van der Waals surface area contributed by atoms with E-state index in [4.69, 9.17) is 11.6 Å². The van der Waals surface area contributed by atoms with E-state index in [2.05, 4.69) is 26.1 Å². The number of allylic oxidation sites excluding steroid dienone is 1. The molecule has 0 bridgehead atoms. The van der Waals surface area contributed by atoms with E-state index < -0.39 is 0 Å². The number of amides is 1. The highest BCUT2D eigenvalue weighted by Gasteiger charge is 2.24.